The van der Waals surface area contributed by atoms with Gasteiger partial charge in [0.15, 0.2) is 0 Å². The minimum atomic E-state index is -0.158. The SMILES string of the molecule is CCCNC(=O)c1cc(-c2ccc(OC)cc2OC)nn1-c1cccc(C)c1. The summed E-state index contributed by atoms with van der Waals surface area (Å²) < 4.78 is 12.5. The summed E-state index contributed by atoms with van der Waals surface area (Å²) in [6, 6.07) is 15.2. The van der Waals surface area contributed by atoms with Crippen molar-refractivity contribution in [2.75, 3.05) is 20.8 Å². The Balaban J connectivity index is 2.12. The number of hydrogen-bond acceptors (Lipinski definition) is 4. The van der Waals surface area contributed by atoms with Crippen LogP contribution in [0.5, 0.6) is 11.5 Å². The standard InChI is InChI=1S/C22H25N3O3/c1-5-11-23-22(26)20-14-19(18-10-9-17(27-3)13-21(18)28-4)24-25(20)16-8-6-7-15(2)12-16/h6-10,12-14H,5,11H2,1-4H3,(H,23,26). The number of methoxy groups -OCH3 is 2. The number of nitrogens with one attached hydrogen (secondary N) is 1. The molecule has 6 heteroatoms. The molecule has 2 aromatic carbocycles. The molecule has 0 fully saturated rings. The van der Waals surface area contributed by atoms with Crippen molar-refractivity contribution >= 4 is 5.91 Å². The van der Waals surface area contributed by atoms with Crippen molar-refractivity contribution in [2.24, 2.45) is 0 Å². The lowest BCUT2D eigenvalue weighted by Crippen LogP contribution is -2.26. The quantitative estimate of drug-likeness (QED) is 0.674. The number of hydrogen-bond donors (Lipinski definition) is 1. The third-order valence-electron chi connectivity index (χ3n) is 4.41. The van der Waals surface area contributed by atoms with Crippen LogP contribution in [0, 0.1) is 6.92 Å². The fourth-order valence-corrected chi connectivity index (χ4v) is 2.97. The van der Waals surface area contributed by atoms with Gasteiger partial charge in [0.25, 0.3) is 5.91 Å². The summed E-state index contributed by atoms with van der Waals surface area (Å²) >= 11 is 0. The highest BCUT2D eigenvalue weighted by molar-refractivity contribution is 5.94. The number of benzene rings is 2. The van der Waals surface area contributed by atoms with Gasteiger partial charge in [0.1, 0.15) is 17.2 Å². The molecule has 0 aliphatic heterocycles. The molecule has 1 aromatic heterocycles. The number of rotatable bonds is 7. The Morgan fingerprint density at radius 2 is 1.93 bits per heavy atom. The Bertz CT molecular complexity index is 979. The highest BCUT2D eigenvalue weighted by Gasteiger charge is 2.19. The topological polar surface area (TPSA) is 65.4 Å². The lowest BCUT2D eigenvalue weighted by atomic mass is 10.1. The van der Waals surface area contributed by atoms with E-state index in [2.05, 4.69) is 5.32 Å². The second-order valence-electron chi connectivity index (χ2n) is 6.49. The largest absolute Gasteiger partial charge is 0.497 e. The Kier molecular flexibility index (Phi) is 5.99. The van der Waals surface area contributed by atoms with Crippen LogP contribution in [0.25, 0.3) is 16.9 Å². The lowest BCUT2D eigenvalue weighted by molar-refractivity contribution is 0.0946. The molecule has 3 rings (SSSR count). The summed E-state index contributed by atoms with van der Waals surface area (Å²) in [5, 5.41) is 7.65. The van der Waals surface area contributed by atoms with Gasteiger partial charge in [-0.15, -0.1) is 0 Å². The van der Waals surface area contributed by atoms with Crippen molar-refractivity contribution in [3.05, 3.63) is 59.8 Å². The summed E-state index contributed by atoms with van der Waals surface area (Å²) in [6.07, 6.45) is 0.865. The van der Waals surface area contributed by atoms with Crippen molar-refractivity contribution in [3.63, 3.8) is 0 Å². The summed E-state index contributed by atoms with van der Waals surface area (Å²) in [5.41, 5.74) is 3.85. The lowest BCUT2D eigenvalue weighted by Gasteiger charge is -2.09. The predicted molar refractivity (Wildman–Crippen MR) is 109 cm³/mol. The molecule has 1 N–H and O–H groups in total. The minimum Gasteiger partial charge on any atom is -0.497 e. The Morgan fingerprint density at radius 1 is 1.11 bits per heavy atom. The number of carbonyl (C=O) groups excluding carboxylic acids is 1. The zero-order valence-corrected chi connectivity index (χ0v) is 16.7. The van der Waals surface area contributed by atoms with E-state index in [1.165, 1.54) is 0 Å². The van der Waals surface area contributed by atoms with Crippen molar-refractivity contribution in [3.8, 4) is 28.4 Å². The van der Waals surface area contributed by atoms with Crippen LogP contribution in [0.15, 0.2) is 48.5 Å². The molecular formula is C22H25N3O3. The summed E-state index contributed by atoms with van der Waals surface area (Å²) in [5.74, 6) is 1.17. The van der Waals surface area contributed by atoms with Crippen LogP contribution < -0.4 is 14.8 Å². The van der Waals surface area contributed by atoms with Gasteiger partial charge in [-0.1, -0.05) is 19.1 Å². The van der Waals surface area contributed by atoms with E-state index < -0.39 is 0 Å². The number of aromatic nitrogens is 2. The first-order valence-electron chi connectivity index (χ1n) is 9.25. The number of ether oxygens (including phenoxy) is 2. The van der Waals surface area contributed by atoms with E-state index in [4.69, 9.17) is 14.6 Å². The highest BCUT2D eigenvalue weighted by atomic mass is 16.5. The van der Waals surface area contributed by atoms with E-state index in [0.717, 1.165) is 23.2 Å². The van der Waals surface area contributed by atoms with Gasteiger partial charge in [0, 0.05) is 18.2 Å². The number of aryl methyl sites for hydroxylation is 1. The maximum absolute atomic E-state index is 12.8. The molecule has 0 aliphatic rings. The molecule has 146 valence electrons. The van der Waals surface area contributed by atoms with E-state index in [0.29, 0.717) is 29.4 Å². The molecule has 0 saturated heterocycles. The second-order valence-corrected chi connectivity index (χ2v) is 6.49. The van der Waals surface area contributed by atoms with Crippen LogP contribution in [0.1, 0.15) is 29.4 Å². The van der Waals surface area contributed by atoms with Crippen LogP contribution in [-0.2, 0) is 0 Å². The molecule has 0 unspecified atom stereocenters. The molecule has 0 spiro atoms. The molecular weight excluding hydrogens is 354 g/mol. The molecule has 3 aromatic rings. The fourth-order valence-electron chi connectivity index (χ4n) is 2.97. The Hall–Kier alpha value is -3.28. The number of amides is 1. The normalized spacial score (nSPS) is 10.6. The Labute approximate surface area is 165 Å². The summed E-state index contributed by atoms with van der Waals surface area (Å²) in [7, 11) is 3.21. The second kappa shape index (κ2) is 8.61. The molecule has 1 amide bonds. The van der Waals surface area contributed by atoms with E-state index in [1.54, 1.807) is 31.0 Å². The van der Waals surface area contributed by atoms with E-state index >= 15 is 0 Å². The maximum atomic E-state index is 12.8. The fraction of sp³-hybridized carbons (Fsp3) is 0.273. The van der Waals surface area contributed by atoms with Crippen LogP contribution >= 0.6 is 0 Å². The summed E-state index contributed by atoms with van der Waals surface area (Å²) in [6.45, 7) is 4.64. The van der Waals surface area contributed by atoms with E-state index in [-0.39, 0.29) is 5.91 Å². The van der Waals surface area contributed by atoms with Crippen molar-refractivity contribution in [1.29, 1.82) is 0 Å². The first-order chi connectivity index (χ1) is 13.6. The van der Waals surface area contributed by atoms with Crippen LogP contribution in [-0.4, -0.2) is 36.5 Å². The minimum absolute atomic E-state index is 0.158. The van der Waals surface area contributed by atoms with Crippen LogP contribution in [0.3, 0.4) is 0 Å². The van der Waals surface area contributed by atoms with Crippen molar-refractivity contribution in [2.45, 2.75) is 20.3 Å². The summed E-state index contributed by atoms with van der Waals surface area (Å²) in [4.78, 5) is 12.8. The average Bonchev–Trinajstić information content (AvgIpc) is 3.16. The van der Waals surface area contributed by atoms with Gasteiger partial charge in [0.05, 0.1) is 25.6 Å². The van der Waals surface area contributed by atoms with Gasteiger partial charge in [-0.05, 0) is 49.2 Å². The molecule has 6 nitrogen and oxygen atoms in total. The molecule has 0 atom stereocenters. The number of nitrogens with zero attached hydrogens (tertiary/aromatic N) is 2. The molecule has 0 radical (unpaired) electrons. The molecule has 28 heavy (non-hydrogen) atoms. The highest BCUT2D eigenvalue weighted by Crippen LogP contribution is 2.33. The van der Waals surface area contributed by atoms with Gasteiger partial charge < -0.3 is 14.8 Å². The van der Waals surface area contributed by atoms with Gasteiger partial charge in [0.2, 0.25) is 0 Å². The Morgan fingerprint density at radius 3 is 2.61 bits per heavy atom. The van der Waals surface area contributed by atoms with Gasteiger partial charge in [-0.2, -0.15) is 5.10 Å². The van der Waals surface area contributed by atoms with Gasteiger partial charge >= 0.3 is 0 Å². The van der Waals surface area contributed by atoms with Gasteiger partial charge in [-0.25, -0.2) is 4.68 Å². The number of carbonyl (C=O) groups is 1. The maximum Gasteiger partial charge on any atom is 0.270 e. The first-order valence-corrected chi connectivity index (χ1v) is 9.25. The predicted octanol–water partition coefficient (Wildman–Crippen LogP) is 4.00. The van der Waals surface area contributed by atoms with Crippen LogP contribution in [0.2, 0.25) is 0 Å². The van der Waals surface area contributed by atoms with Crippen molar-refractivity contribution < 1.29 is 14.3 Å². The monoisotopic (exact) mass is 379 g/mol. The zero-order valence-electron chi connectivity index (χ0n) is 16.7. The van der Waals surface area contributed by atoms with Crippen molar-refractivity contribution in [1.82, 2.24) is 15.1 Å². The molecule has 1 heterocycles. The van der Waals surface area contributed by atoms with E-state index in [9.17, 15) is 4.79 Å². The third kappa shape index (κ3) is 4.01. The molecule has 0 aliphatic carbocycles. The average molecular weight is 379 g/mol. The molecule has 0 bridgehead atoms. The third-order valence-corrected chi connectivity index (χ3v) is 4.41. The molecule has 0 saturated carbocycles. The van der Waals surface area contributed by atoms with Crippen LogP contribution in [0.4, 0.5) is 0 Å². The zero-order chi connectivity index (χ0) is 20.1. The smallest absolute Gasteiger partial charge is 0.270 e. The van der Waals surface area contributed by atoms with E-state index in [1.807, 2.05) is 50.2 Å². The first kappa shape index (κ1) is 19.5. The van der Waals surface area contributed by atoms with Gasteiger partial charge in [-0.3, -0.25) is 4.79 Å².